The SMILES string of the molecule is Cc1cn2c(CCC(=O)N(C)CCc3nccs3)csc2n1. The maximum atomic E-state index is 12.2. The van der Waals surface area contributed by atoms with Crippen LogP contribution in [0, 0.1) is 6.92 Å². The predicted octanol–water partition coefficient (Wildman–Crippen LogP) is 2.79. The predicted molar refractivity (Wildman–Crippen MR) is 89.6 cm³/mol. The molecule has 0 aliphatic carbocycles. The molecule has 1 amide bonds. The van der Waals surface area contributed by atoms with Crippen molar-refractivity contribution in [2.45, 2.75) is 26.2 Å². The Morgan fingerprint density at radius 1 is 1.36 bits per heavy atom. The normalized spacial score (nSPS) is 11.2. The van der Waals surface area contributed by atoms with Crippen LogP contribution in [0.1, 0.15) is 22.8 Å². The molecule has 0 spiro atoms. The van der Waals surface area contributed by atoms with Crippen molar-refractivity contribution in [1.29, 1.82) is 0 Å². The molecule has 0 aliphatic heterocycles. The standard InChI is InChI=1S/C15H18N4OS2/c1-11-9-19-12(10-22-15(19)17-11)3-4-14(20)18(2)7-5-13-16-6-8-21-13/h6,8-10H,3-5,7H2,1-2H3. The van der Waals surface area contributed by atoms with Gasteiger partial charge in [0.1, 0.15) is 0 Å². The molecule has 0 aromatic carbocycles. The summed E-state index contributed by atoms with van der Waals surface area (Å²) < 4.78 is 2.09. The van der Waals surface area contributed by atoms with E-state index in [9.17, 15) is 4.79 Å². The van der Waals surface area contributed by atoms with Crippen molar-refractivity contribution in [2.75, 3.05) is 13.6 Å². The van der Waals surface area contributed by atoms with Gasteiger partial charge in [0.2, 0.25) is 5.91 Å². The molecule has 3 aromatic heterocycles. The molecule has 0 aliphatic rings. The Morgan fingerprint density at radius 2 is 2.23 bits per heavy atom. The van der Waals surface area contributed by atoms with Crippen molar-refractivity contribution < 1.29 is 4.79 Å². The molecule has 116 valence electrons. The molecule has 0 bridgehead atoms. The van der Waals surface area contributed by atoms with E-state index in [1.165, 1.54) is 0 Å². The lowest BCUT2D eigenvalue weighted by Gasteiger charge is -2.16. The lowest BCUT2D eigenvalue weighted by molar-refractivity contribution is -0.129. The number of fused-ring (bicyclic) bond motifs is 1. The molecular formula is C15H18N4OS2. The molecule has 0 saturated carbocycles. The lowest BCUT2D eigenvalue weighted by Crippen LogP contribution is -2.29. The van der Waals surface area contributed by atoms with E-state index in [1.807, 2.05) is 25.5 Å². The number of carbonyl (C=O) groups excluding carboxylic acids is 1. The van der Waals surface area contributed by atoms with E-state index in [0.717, 1.165) is 40.7 Å². The summed E-state index contributed by atoms with van der Waals surface area (Å²) >= 11 is 3.26. The zero-order valence-corrected chi connectivity index (χ0v) is 14.3. The van der Waals surface area contributed by atoms with Gasteiger partial charge in [0.05, 0.1) is 10.7 Å². The number of hydrogen-bond acceptors (Lipinski definition) is 5. The second kappa shape index (κ2) is 6.58. The summed E-state index contributed by atoms with van der Waals surface area (Å²) in [6.45, 7) is 2.70. The Bertz CT molecular complexity index is 760. The van der Waals surface area contributed by atoms with Crippen LogP contribution in [0.3, 0.4) is 0 Å². The van der Waals surface area contributed by atoms with Crippen molar-refractivity contribution in [3.05, 3.63) is 39.5 Å². The van der Waals surface area contributed by atoms with Crippen LogP contribution in [0.25, 0.3) is 4.96 Å². The van der Waals surface area contributed by atoms with Gasteiger partial charge in [0, 0.05) is 55.3 Å². The first-order valence-corrected chi connectivity index (χ1v) is 8.94. The highest BCUT2D eigenvalue weighted by molar-refractivity contribution is 7.15. The van der Waals surface area contributed by atoms with Gasteiger partial charge in [-0.05, 0) is 13.3 Å². The molecule has 0 atom stereocenters. The van der Waals surface area contributed by atoms with Crippen molar-refractivity contribution in [1.82, 2.24) is 19.3 Å². The third kappa shape index (κ3) is 3.36. The van der Waals surface area contributed by atoms with Gasteiger partial charge in [-0.2, -0.15) is 0 Å². The first kappa shape index (κ1) is 15.2. The molecule has 0 fully saturated rings. The quantitative estimate of drug-likeness (QED) is 0.696. The van der Waals surface area contributed by atoms with E-state index < -0.39 is 0 Å². The average Bonchev–Trinajstić information content (AvgIpc) is 3.19. The monoisotopic (exact) mass is 334 g/mol. The van der Waals surface area contributed by atoms with E-state index in [-0.39, 0.29) is 5.91 Å². The zero-order chi connectivity index (χ0) is 15.5. The summed E-state index contributed by atoms with van der Waals surface area (Å²) in [5, 5.41) is 5.13. The van der Waals surface area contributed by atoms with Gasteiger partial charge in [0.25, 0.3) is 0 Å². The first-order valence-electron chi connectivity index (χ1n) is 7.18. The molecular weight excluding hydrogens is 316 g/mol. The van der Waals surface area contributed by atoms with E-state index in [0.29, 0.717) is 6.42 Å². The van der Waals surface area contributed by atoms with Crippen LogP contribution in [0.15, 0.2) is 23.2 Å². The molecule has 0 N–H and O–H groups in total. The molecule has 7 heteroatoms. The summed E-state index contributed by atoms with van der Waals surface area (Å²) in [5.41, 5.74) is 2.17. The molecule has 22 heavy (non-hydrogen) atoms. The summed E-state index contributed by atoms with van der Waals surface area (Å²) in [5.74, 6) is 0.174. The van der Waals surface area contributed by atoms with E-state index in [2.05, 4.69) is 19.7 Å². The highest BCUT2D eigenvalue weighted by Crippen LogP contribution is 2.18. The highest BCUT2D eigenvalue weighted by Gasteiger charge is 2.12. The first-order chi connectivity index (χ1) is 10.6. The maximum absolute atomic E-state index is 12.2. The summed E-state index contributed by atoms with van der Waals surface area (Å²) in [4.78, 5) is 23.7. The number of likely N-dealkylation sites (N-methyl/N-ethyl adjacent to an activating group) is 1. The third-order valence-electron chi connectivity index (χ3n) is 3.57. The van der Waals surface area contributed by atoms with Gasteiger partial charge < -0.3 is 4.90 Å². The zero-order valence-electron chi connectivity index (χ0n) is 12.7. The van der Waals surface area contributed by atoms with Crippen molar-refractivity contribution in [3.8, 4) is 0 Å². The number of aromatic nitrogens is 3. The van der Waals surface area contributed by atoms with Gasteiger partial charge >= 0.3 is 0 Å². The van der Waals surface area contributed by atoms with Crippen molar-refractivity contribution in [3.63, 3.8) is 0 Å². The van der Waals surface area contributed by atoms with Crippen LogP contribution in [-0.4, -0.2) is 38.8 Å². The number of aryl methyl sites for hydroxylation is 2. The maximum Gasteiger partial charge on any atom is 0.222 e. The molecule has 0 radical (unpaired) electrons. The smallest absolute Gasteiger partial charge is 0.222 e. The minimum atomic E-state index is 0.174. The van der Waals surface area contributed by atoms with E-state index in [4.69, 9.17) is 0 Å². The van der Waals surface area contributed by atoms with Gasteiger partial charge in [0.15, 0.2) is 4.96 Å². The Labute approximate surface area is 137 Å². The van der Waals surface area contributed by atoms with Gasteiger partial charge in [-0.15, -0.1) is 22.7 Å². The largest absolute Gasteiger partial charge is 0.345 e. The average molecular weight is 334 g/mol. The van der Waals surface area contributed by atoms with Crippen LogP contribution in [0.4, 0.5) is 0 Å². The minimum Gasteiger partial charge on any atom is -0.345 e. The summed E-state index contributed by atoms with van der Waals surface area (Å²) in [7, 11) is 1.86. The van der Waals surface area contributed by atoms with Gasteiger partial charge in [-0.25, -0.2) is 9.97 Å². The van der Waals surface area contributed by atoms with Crippen LogP contribution < -0.4 is 0 Å². The fraction of sp³-hybridized carbons (Fsp3) is 0.400. The molecule has 5 nitrogen and oxygen atoms in total. The van der Waals surface area contributed by atoms with Crippen molar-refractivity contribution >= 4 is 33.5 Å². The second-order valence-corrected chi connectivity index (χ2v) is 7.07. The molecule has 3 rings (SSSR count). The van der Waals surface area contributed by atoms with Gasteiger partial charge in [-0.1, -0.05) is 0 Å². The Kier molecular flexibility index (Phi) is 4.54. The molecule has 0 unspecified atom stereocenters. The fourth-order valence-electron chi connectivity index (χ4n) is 2.31. The van der Waals surface area contributed by atoms with Crippen molar-refractivity contribution in [2.24, 2.45) is 0 Å². The van der Waals surface area contributed by atoms with Crippen LogP contribution >= 0.6 is 22.7 Å². The number of thiazole rings is 2. The van der Waals surface area contributed by atoms with E-state index in [1.54, 1.807) is 33.8 Å². The summed E-state index contributed by atoms with van der Waals surface area (Å²) in [6, 6.07) is 0. The highest BCUT2D eigenvalue weighted by atomic mass is 32.1. The number of carbonyl (C=O) groups is 1. The lowest BCUT2D eigenvalue weighted by atomic mass is 10.2. The third-order valence-corrected chi connectivity index (χ3v) is 5.30. The summed E-state index contributed by atoms with van der Waals surface area (Å²) in [6.07, 6.45) is 5.92. The van der Waals surface area contributed by atoms with Crippen LogP contribution in [-0.2, 0) is 17.6 Å². The Morgan fingerprint density at radius 3 is 3.00 bits per heavy atom. The van der Waals surface area contributed by atoms with Gasteiger partial charge in [-0.3, -0.25) is 9.20 Å². The molecule has 3 aromatic rings. The minimum absolute atomic E-state index is 0.174. The number of amides is 1. The fourth-order valence-corrected chi connectivity index (χ4v) is 3.87. The molecule has 3 heterocycles. The van der Waals surface area contributed by atoms with Crippen LogP contribution in [0.2, 0.25) is 0 Å². The Hall–Kier alpha value is -1.73. The molecule has 0 saturated heterocycles. The van der Waals surface area contributed by atoms with Crippen LogP contribution in [0.5, 0.6) is 0 Å². The Balaban J connectivity index is 1.52. The number of rotatable bonds is 6. The second-order valence-electron chi connectivity index (χ2n) is 5.25. The number of nitrogens with zero attached hydrogens (tertiary/aromatic N) is 4. The number of imidazole rings is 1. The topological polar surface area (TPSA) is 50.5 Å². The van der Waals surface area contributed by atoms with E-state index >= 15 is 0 Å². The number of hydrogen-bond donors (Lipinski definition) is 0.